The first-order valence-corrected chi connectivity index (χ1v) is 6.29. The molecule has 96 valence electrons. The van der Waals surface area contributed by atoms with Crippen LogP contribution in [0.1, 0.15) is 18.4 Å². The fourth-order valence-corrected chi connectivity index (χ4v) is 2.11. The van der Waals surface area contributed by atoms with E-state index in [9.17, 15) is 4.79 Å². The summed E-state index contributed by atoms with van der Waals surface area (Å²) in [5.41, 5.74) is 7.12. The molecule has 18 heavy (non-hydrogen) atoms. The standard InChI is InChI=1S/C13H16N2O2S/c1-15(13(16)11-6-3-7-17-11)10-5-2-4-9(8-10)12(14)18/h2,4-5,8,11H,3,6-7H2,1H3,(H2,14,18). The molecule has 0 aromatic heterocycles. The molecule has 1 unspecified atom stereocenters. The number of anilines is 1. The summed E-state index contributed by atoms with van der Waals surface area (Å²) in [6.07, 6.45) is 1.42. The van der Waals surface area contributed by atoms with E-state index in [2.05, 4.69) is 0 Å². The van der Waals surface area contributed by atoms with Crippen LogP contribution in [0.15, 0.2) is 24.3 Å². The van der Waals surface area contributed by atoms with Gasteiger partial charge in [-0.1, -0.05) is 24.4 Å². The molecule has 0 spiro atoms. The van der Waals surface area contributed by atoms with Gasteiger partial charge >= 0.3 is 0 Å². The summed E-state index contributed by atoms with van der Waals surface area (Å²) >= 11 is 4.93. The Morgan fingerprint density at radius 3 is 2.94 bits per heavy atom. The smallest absolute Gasteiger partial charge is 0.255 e. The van der Waals surface area contributed by atoms with Crippen LogP contribution in [0.25, 0.3) is 0 Å². The van der Waals surface area contributed by atoms with Crippen LogP contribution in [0.3, 0.4) is 0 Å². The molecule has 2 rings (SSSR count). The van der Waals surface area contributed by atoms with E-state index in [1.54, 1.807) is 11.9 Å². The molecule has 1 fully saturated rings. The fraction of sp³-hybridized carbons (Fsp3) is 0.385. The molecule has 0 radical (unpaired) electrons. The van der Waals surface area contributed by atoms with Crippen molar-refractivity contribution >= 4 is 28.8 Å². The van der Waals surface area contributed by atoms with Crippen molar-refractivity contribution in [2.45, 2.75) is 18.9 Å². The largest absolute Gasteiger partial charge is 0.389 e. The third kappa shape index (κ3) is 2.68. The molecule has 1 aromatic carbocycles. The molecule has 2 N–H and O–H groups in total. The number of ether oxygens (including phenoxy) is 1. The van der Waals surface area contributed by atoms with Crippen molar-refractivity contribution in [3.8, 4) is 0 Å². The second-order valence-electron chi connectivity index (χ2n) is 4.31. The maximum Gasteiger partial charge on any atom is 0.255 e. The number of rotatable bonds is 3. The summed E-state index contributed by atoms with van der Waals surface area (Å²) in [7, 11) is 1.74. The summed E-state index contributed by atoms with van der Waals surface area (Å²) in [5.74, 6) is -0.0208. The van der Waals surface area contributed by atoms with Gasteiger partial charge in [0.05, 0.1) is 0 Å². The fourth-order valence-electron chi connectivity index (χ4n) is 1.98. The number of hydrogen-bond acceptors (Lipinski definition) is 3. The van der Waals surface area contributed by atoms with Gasteiger partial charge in [-0.05, 0) is 25.0 Å². The van der Waals surface area contributed by atoms with Crippen molar-refractivity contribution in [1.29, 1.82) is 0 Å². The number of nitrogens with zero attached hydrogens (tertiary/aromatic N) is 1. The van der Waals surface area contributed by atoms with Crippen molar-refractivity contribution in [3.05, 3.63) is 29.8 Å². The van der Waals surface area contributed by atoms with Crippen molar-refractivity contribution < 1.29 is 9.53 Å². The van der Waals surface area contributed by atoms with Crippen LogP contribution < -0.4 is 10.6 Å². The Balaban J connectivity index is 2.17. The molecular weight excluding hydrogens is 248 g/mol. The number of nitrogens with two attached hydrogens (primary N) is 1. The van der Waals surface area contributed by atoms with E-state index in [1.807, 2.05) is 24.3 Å². The average Bonchev–Trinajstić information content (AvgIpc) is 2.91. The maximum absolute atomic E-state index is 12.2. The van der Waals surface area contributed by atoms with Crippen molar-refractivity contribution in [2.75, 3.05) is 18.6 Å². The first-order valence-electron chi connectivity index (χ1n) is 5.88. The number of hydrogen-bond donors (Lipinski definition) is 1. The molecule has 1 heterocycles. The van der Waals surface area contributed by atoms with Crippen LogP contribution in [0, 0.1) is 0 Å². The first kappa shape index (κ1) is 13.0. The zero-order chi connectivity index (χ0) is 13.1. The van der Waals surface area contributed by atoms with Gasteiger partial charge in [0.25, 0.3) is 5.91 Å². The lowest BCUT2D eigenvalue weighted by molar-refractivity contribution is -0.127. The van der Waals surface area contributed by atoms with Crippen LogP contribution in [-0.4, -0.2) is 30.7 Å². The maximum atomic E-state index is 12.2. The van der Waals surface area contributed by atoms with Crippen LogP contribution in [0.4, 0.5) is 5.69 Å². The van der Waals surface area contributed by atoms with Gasteiger partial charge in [-0.25, -0.2) is 0 Å². The lowest BCUT2D eigenvalue weighted by Crippen LogP contribution is -2.36. The predicted molar refractivity (Wildman–Crippen MR) is 74.7 cm³/mol. The molecule has 4 nitrogen and oxygen atoms in total. The van der Waals surface area contributed by atoms with E-state index in [0.717, 1.165) is 24.1 Å². The van der Waals surface area contributed by atoms with E-state index in [1.165, 1.54) is 0 Å². The van der Waals surface area contributed by atoms with Crippen LogP contribution in [0.5, 0.6) is 0 Å². The Labute approximate surface area is 112 Å². The zero-order valence-corrected chi connectivity index (χ0v) is 11.1. The number of likely N-dealkylation sites (N-methyl/N-ethyl adjacent to an activating group) is 1. The van der Waals surface area contributed by atoms with E-state index < -0.39 is 0 Å². The summed E-state index contributed by atoms with van der Waals surface area (Å²) in [4.78, 5) is 14.1. The zero-order valence-electron chi connectivity index (χ0n) is 10.3. The third-order valence-electron chi connectivity index (χ3n) is 3.05. The number of carbonyl (C=O) groups is 1. The van der Waals surface area contributed by atoms with E-state index in [4.69, 9.17) is 22.7 Å². The predicted octanol–water partition coefficient (Wildman–Crippen LogP) is 1.46. The van der Waals surface area contributed by atoms with E-state index >= 15 is 0 Å². The van der Waals surface area contributed by atoms with Crippen molar-refractivity contribution in [1.82, 2.24) is 0 Å². The molecule has 0 aliphatic carbocycles. The summed E-state index contributed by atoms with van der Waals surface area (Å²) in [5, 5.41) is 0. The third-order valence-corrected chi connectivity index (χ3v) is 3.29. The highest BCUT2D eigenvalue weighted by Crippen LogP contribution is 2.20. The molecule has 5 heteroatoms. The Morgan fingerprint density at radius 1 is 1.56 bits per heavy atom. The summed E-state index contributed by atoms with van der Waals surface area (Å²) in [6.45, 7) is 0.664. The number of thiocarbonyl (C=S) groups is 1. The molecule has 1 aromatic rings. The molecular formula is C13H16N2O2S. The molecule has 1 saturated heterocycles. The molecule has 1 aliphatic heterocycles. The van der Waals surface area contributed by atoms with Gasteiger partial charge in [-0.15, -0.1) is 0 Å². The van der Waals surface area contributed by atoms with E-state index in [-0.39, 0.29) is 12.0 Å². The molecule has 1 aliphatic rings. The second-order valence-corrected chi connectivity index (χ2v) is 4.75. The monoisotopic (exact) mass is 264 g/mol. The minimum Gasteiger partial charge on any atom is -0.389 e. The van der Waals surface area contributed by atoms with Gasteiger partial charge in [-0.2, -0.15) is 0 Å². The van der Waals surface area contributed by atoms with Gasteiger partial charge in [0, 0.05) is 24.9 Å². The van der Waals surface area contributed by atoms with Crippen LogP contribution >= 0.6 is 12.2 Å². The summed E-state index contributed by atoms with van der Waals surface area (Å²) in [6, 6.07) is 7.34. The van der Waals surface area contributed by atoms with Crippen molar-refractivity contribution in [3.63, 3.8) is 0 Å². The SMILES string of the molecule is CN(C(=O)C1CCCO1)c1cccc(C(N)=S)c1. The quantitative estimate of drug-likeness (QED) is 0.840. The summed E-state index contributed by atoms with van der Waals surface area (Å²) < 4.78 is 5.39. The van der Waals surface area contributed by atoms with Crippen molar-refractivity contribution in [2.24, 2.45) is 5.73 Å². The van der Waals surface area contributed by atoms with Crippen LogP contribution in [0.2, 0.25) is 0 Å². The van der Waals surface area contributed by atoms with Gasteiger partial charge in [0.2, 0.25) is 0 Å². The molecule has 0 bridgehead atoms. The van der Waals surface area contributed by atoms with E-state index in [0.29, 0.717) is 11.6 Å². The molecule has 1 atom stereocenters. The minimum absolute atomic E-state index is 0.0208. The normalized spacial score (nSPS) is 18.6. The number of benzene rings is 1. The van der Waals surface area contributed by atoms with Gasteiger partial charge < -0.3 is 15.4 Å². The highest BCUT2D eigenvalue weighted by atomic mass is 32.1. The van der Waals surface area contributed by atoms with Gasteiger partial charge in [0.15, 0.2) is 0 Å². The van der Waals surface area contributed by atoms with Crippen LogP contribution in [-0.2, 0) is 9.53 Å². The second kappa shape index (κ2) is 5.46. The first-order chi connectivity index (χ1) is 8.59. The lowest BCUT2D eigenvalue weighted by Gasteiger charge is -2.21. The number of amides is 1. The molecule has 1 amide bonds. The molecule has 0 saturated carbocycles. The Hall–Kier alpha value is -1.46. The Kier molecular flexibility index (Phi) is 3.93. The Bertz CT molecular complexity index is 470. The van der Waals surface area contributed by atoms with Gasteiger partial charge in [-0.3, -0.25) is 4.79 Å². The lowest BCUT2D eigenvalue weighted by atomic mass is 10.1. The van der Waals surface area contributed by atoms with Gasteiger partial charge in [0.1, 0.15) is 11.1 Å². The average molecular weight is 264 g/mol. The Morgan fingerprint density at radius 2 is 2.33 bits per heavy atom. The highest BCUT2D eigenvalue weighted by Gasteiger charge is 2.27. The highest BCUT2D eigenvalue weighted by molar-refractivity contribution is 7.80. The number of carbonyl (C=O) groups excluding carboxylic acids is 1. The minimum atomic E-state index is -0.316. The topological polar surface area (TPSA) is 55.6 Å².